The lowest BCUT2D eigenvalue weighted by Gasteiger charge is -2.53. The number of nitrogens with one attached hydrogen (secondary N) is 1. The second kappa shape index (κ2) is 7.65. The number of hydrogen-bond donors (Lipinski definition) is 1. The first-order chi connectivity index (χ1) is 16.0. The molecule has 1 atom stereocenters. The standard InChI is InChI=1S/C27H29N5S/c1-5-22-25-31-30-18(4)32(25)26-23(16(2)17(3)33-26)24(29-22)21-10-8-19(9-11-21)6-7-20-12-27(13-20)14-28-15-27/h8-11,20,22,28H,5,12-15H2,1-4H3. The molecule has 33 heavy (non-hydrogen) atoms. The zero-order valence-corrected chi connectivity index (χ0v) is 20.5. The van der Waals surface area contributed by atoms with E-state index in [1.807, 2.05) is 18.3 Å². The van der Waals surface area contributed by atoms with E-state index in [0.717, 1.165) is 34.9 Å². The zero-order chi connectivity index (χ0) is 22.7. The van der Waals surface area contributed by atoms with Gasteiger partial charge in [0.2, 0.25) is 0 Å². The minimum atomic E-state index is -0.00749. The topological polar surface area (TPSA) is 55.1 Å². The van der Waals surface area contributed by atoms with Crippen LogP contribution in [0, 0.1) is 43.9 Å². The van der Waals surface area contributed by atoms with E-state index in [-0.39, 0.29) is 6.04 Å². The van der Waals surface area contributed by atoms with Crippen LogP contribution in [0.5, 0.6) is 0 Å². The van der Waals surface area contributed by atoms with Gasteiger partial charge in [0.25, 0.3) is 0 Å². The largest absolute Gasteiger partial charge is 0.316 e. The normalized spacial score (nSPS) is 20.6. The van der Waals surface area contributed by atoms with Crippen LogP contribution >= 0.6 is 11.3 Å². The molecule has 4 heterocycles. The molecule has 1 saturated carbocycles. The monoisotopic (exact) mass is 455 g/mol. The van der Waals surface area contributed by atoms with Crippen LogP contribution in [-0.4, -0.2) is 33.6 Å². The average Bonchev–Trinajstić information content (AvgIpc) is 3.22. The maximum absolute atomic E-state index is 5.25. The van der Waals surface area contributed by atoms with E-state index in [4.69, 9.17) is 4.99 Å². The smallest absolute Gasteiger partial charge is 0.163 e. The van der Waals surface area contributed by atoms with Gasteiger partial charge in [-0.3, -0.25) is 9.56 Å². The Morgan fingerprint density at radius 3 is 2.55 bits per heavy atom. The second-order valence-electron chi connectivity index (χ2n) is 9.86. The highest BCUT2D eigenvalue weighted by atomic mass is 32.1. The van der Waals surface area contributed by atoms with Crippen LogP contribution in [0.4, 0.5) is 0 Å². The molecule has 1 N–H and O–H groups in total. The molecule has 0 amide bonds. The van der Waals surface area contributed by atoms with Gasteiger partial charge in [0.1, 0.15) is 16.9 Å². The molecular formula is C27H29N5S. The number of nitrogens with zero attached hydrogens (tertiary/aromatic N) is 4. The van der Waals surface area contributed by atoms with Crippen molar-refractivity contribution in [3.8, 4) is 16.8 Å². The van der Waals surface area contributed by atoms with Crippen molar-refractivity contribution in [1.82, 2.24) is 20.1 Å². The number of rotatable bonds is 2. The van der Waals surface area contributed by atoms with Gasteiger partial charge >= 0.3 is 0 Å². The van der Waals surface area contributed by atoms with Gasteiger partial charge in [-0.2, -0.15) is 0 Å². The molecule has 3 aliphatic rings. The minimum absolute atomic E-state index is 0.00749. The SMILES string of the molecule is CCC1N=C(c2ccc(C#CC3CC4(CNC4)C3)cc2)c2c(sc(C)c2C)-n2c(C)nnc21. The summed E-state index contributed by atoms with van der Waals surface area (Å²) in [4.78, 5) is 6.56. The van der Waals surface area contributed by atoms with Crippen LogP contribution in [0.15, 0.2) is 29.3 Å². The first-order valence-corrected chi connectivity index (χ1v) is 12.7. The number of aryl methyl sites for hydroxylation is 2. The summed E-state index contributed by atoms with van der Waals surface area (Å²) in [5, 5.41) is 13.5. The highest BCUT2D eigenvalue weighted by Gasteiger charge is 2.47. The molecule has 5 nitrogen and oxygen atoms in total. The number of aliphatic imine (C=N–C) groups is 1. The fourth-order valence-electron chi connectivity index (χ4n) is 5.41. The molecule has 3 aromatic rings. The van der Waals surface area contributed by atoms with Crippen LogP contribution in [-0.2, 0) is 0 Å². The van der Waals surface area contributed by atoms with Gasteiger partial charge in [-0.05, 0) is 63.1 Å². The molecule has 2 aromatic heterocycles. The predicted molar refractivity (Wildman–Crippen MR) is 133 cm³/mol. The molecule has 1 saturated heterocycles. The number of aromatic nitrogens is 3. The van der Waals surface area contributed by atoms with Gasteiger partial charge < -0.3 is 5.32 Å². The zero-order valence-electron chi connectivity index (χ0n) is 19.7. The van der Waals surface area contributed by atoms with Crippen molar-refractivity contribution in [3.63, 3.8) is 0 Å². The number of hydrogen-bond acceptors (Lipinski definition) is 5. The fraction of sp³-hybridized carbons (Fsp3) is 0.444. The van der Waals surface area contributed by atoms with Gasteiger partial charge in [-0.25, -0.2) is 0 Å². The summed E-state index contributed by atoms with van der Waals surface area (Å²) in [6.45, 7) is 10.9. The predicted octanol–water partition coefficient (Wildman–Crippen LogP) is 4.91. The summed E-state index contributed by atoms with van der Waals surface area (Å²) in [5.74, 6) is 9.33. The Hall–Kier alpha value is -2.75. The molecule has 1 aliphatic carbocycles. The van der Waals surface area contributed by atoms with Gasteiger partial charge in [-0.15, -0.1) is 21.5 Å². The van der Waals surface area contributed by atoms with E-state index in [2.05, 4.69) is 77.0 Å². The van der Waals surface area contributed by atoms with Crippen LogP contribution in [0.25, 0.3) is 5.00 Å². The first-order valence-electron chi connectivity index (χ1n) is 11.9. The molecule has 6 rings (SSSR count). The Kier molecular flexibility index (Phi) is 4.83. The van der Waals surface area contributed by atoms with Crippen molar-refractivity contribution < 1.29 is 0 Å². The van der Waals surface area contributed by atoms with Crippen molar-refractivity contribution in [2.45, 2.75) is 53.0 Å². The first kappa shape index (κ1) is 20.8. The molecule has 2 aliphatic heterocycles. The maximum Gasteiger partial charge on any atom is 0.163 e. The summed E-state index contributed by atoms with van der Waals surface area (Å²) in [7, 11) is 0. The molecule has 0 radical (unpaired) electrons. The third-order valence-electron chi connectivity index (χ3n) is 7.56. The molecule has 2 fully saturated rings. The van der Waals surface area contributed by atoms with Gasteiger partial charge in [-0.1, -0.05) is 30.9 Å². The highest BCUT2D eigenvalue weighted by Crippen LogP contribution is 2.48. The lowest BCUT2D eigenvalue weighted by atomic mass is 9.59. The Morgan fingerprint density at radius 2 is 1.88 bits per heavy atom. The quantitative estimate of drug-likeness (QED) is 0.559. The number of benzene rings is 1. The lowest BCUT2D eigenvalue weighted by molar-refractivity contribution is 0.0266. The Labute approximate surface area is 199 Å². The van der Waals surface area contributed by atoms with E-state index in [1.54, 1.807) is 0 Å². The molecular weight excluding hydrogens is 426 g/mol. The number of thiophene rings is 1. The molecule has 1 aromatic carbocycles. The van der Waals surface area contributed by atoms with E-state index in [1.165, 1.54) is 46.9 Å². The van der Waals surface area contributed by atoms with Gasteiger partial charge in [0.15, 0.2) is 5.82 Å². The van der Waals surface area contributed by atoms with Crippen molar-refractivity contribution in [1.29, 1.82) is 0 Å². The molecule has 168 valence electrons. The maximum atomic E-state index is 5.25. The molecule has 0 bridgehead atoms. The van der Waals surface area contributed by atoms with E-state index >= 15 is 0 Å². The van der Waals surface area contributed by atoms with Gasteiger partial charge in [0, 0.05) is 40.6 Å². The molecule has 6 heteroatoms. The van der Waals surface area contributed by atoms with Crippen LogP contribution in [0.2, 0.25) is 0 Å². The third kappa shape index (κ3) is 3.29. The van der Waals surface area contributed by atoms with Crippen molar-refractivity contribution in [2.24, 2.45) is 16.3 Å². The lowest BCUT2D eigenvalue weighted by Crippen LogP contribution is -2.59. The molecule has 1 spiro atoms. The Morgan fingerprint density at radius 1 is 1.12 bits per heavy atom. The average molecular weight is 456 g/mol. The summed E-state index contributed by atoms with van der Waals surface area (Å²) < 4.78 is 2.22. The highest BCUT2D eigenvalue weighted by molar-refractivity contribution is 7.15. The summed E-state index contributed by atoms with van der Waals surface area (Å²) >= 11 is 1.81. The fourth-order valence-corrected chi connectivity index (χ4v) is 6.63. The van der Waals surface area contributed by atoms with Crippen molar-refractivity contribution in [3.05, 3.63) is 63.0 Å². The van der Waals surface area contributed by atoms with E-state index < -0.39 is 0 Å². The minimum Gasteiger partial charge on any atom is -0.316 e. The summed E-state index contributed by atoms with van der Waals surface area (Å²) in [5.41, 5.74) is 6.36. The van der Waals surface area contributed by atoms with Crippen molar-refractivity contribution in [2.75, 3.05) is 13.1 Å². The molecule has 1 unspecified atom stereocenters. The third-order valence-corrected chi connectivity index (χ3v) is 8.76. The second-order valence-corrected chi connectivity index (χ2v) is 11.1. The van der Waals surface area contributed by atoms with Crippen LogP contribution in [0.1, 0.15) is 71.0 Å². The van der Waals surface area contributed by atoms with Crippen LogP contribution < -0.4 is 5.32 Å². The summed E-state index contributed by atoms with van der Waals surface area (Å²) in [6.07, 6.45) is 3.39. The van der Waals surface area contributed by atoms with Crippen molar-refractivity contribution >= 4 is 17.0 Å². The van der Waals surface area contributed by atoms with Gasteiger partial charge in [0.05, 0.1) is 5.71 Å². The Bertz CT molecular complexity index is 1320. The van der Waals surface area contributed by atoms with E-state index in [9.17, 15) is 0 Å². The number of fused-ring (bicyclic) bond motifs is 3. The Balaban J connectivity index is 1.35. The van der Waals surface area contributed by atoms with E-state index in [0.29, 0.717) is 11.3 Å². The summed E-state index contributed by atoms with van der Waals surface area (Å²) in [6, 6.07) is 8.66. The van der Waals surface area contributed by atoms with Crippen LogP contribution in [0.3, 0.4) is 0 Å².